The maximum Gasteiger partial charge on any atom is 0.252 e. The van der Waals surface area contributed by atoms with Gasteiger partial charge in [0.05, 0.1) is 15.7 Å². The highest BCUT2D eigenvalue weighted by Gasteiger charge is 2.35. The highest BCUT2D eigenvalue weighted by atomic mass is 79.9. The standard InChI is InChI=1S/C16H10BrCl6N3OS/c17-8-3-1-7(2-4-8)13(27)25-14(16(21,22)23)26-15(28)24-12-10(19)5-9(18)6-11(12)20/h1-6,14H,(H,25,27)(H2,24,26,28). The molecular formula is C16H10BrCl6N3OS. The Morgan fingerprint density at radius 3 is 2.04 bits per heavy atom. The fraction of sp³-hybridized carbons (Fsp3) is 0.125. The van der Waals surface area contributed by atoms with Crippen molar-refractivity contribution in [1.82, 2.24) is 10.6 Å². The van der Waals surface area contributed by atoms with Crippen LogP contribution in [0.2, 0.25) is 15.1 Å². The van der Waals surface area contributed by atoms with E-state index in [2.05, 4.69) is 31.9 Å². The molecule has 2 aromatic carbocycles. The van der Waals surface area contributed by atoms with Crippen LogP contribution in [0.4, 0.5) is 5.69 Å². The van der Waals surface area contributed by atoms with Gasteiger partial charge in [-0.1, -0.05) is 85.5 Å². The molecule has 150 valence electrons. The number of amides is 1. The summed E-state index contributed by atoms with van der Waals surface area (Å²) in [5.74, 6) is -0.471. The lowest BCUT2D eigenvalue weighted by Crippen LogP contribution is -2.56. The van der Waals surface area contributed by atoms with Gasteiger partial charge in [-0.15, -0.1) is 0 Å². The van der Waals surface area contributed by atoms with Gasteiger partial charge in [-0.3, -0.25) is 4.79 Å². The second kappa shape index (κ2) is 10.2. The molecule has 2 aromatic rings. The summed E-state index contributed by atoms with van der Waals surface area (Å²) in [5.41, 5.74) is 0.680. The van der Waals surface area contributed by atoms with E-state index in [9.17, 15) is 4.79 Å². The Hall–Kier alpha value is -0.180. The van der Waals surface area contributed by atoms with E-state index in [1.54, 1.807) is 24.3 Å². The van der Waals surface area contributed by atoms with Crippen LogP contribution < -0.4 is 16.0 Å². The Kier molecular flexibility index (Phi) is 8.80. The van der Waals surface area contributed by atoms with E-state index in [4.69, 9.17) is 81.8 Å². The second-order valence-electron chi connectivity index (χ2n) is 5.30. The van der Waals surface area contributed by atoms with E-state index >= 15 is 0 Å². The molecule has 1 atom stereocenters. The molecule has 3 N–H and O–H groups in total. The summed E-state index contributed by atoms with van der Waals surface area (Å²) >= 11 is 44.5. The Morgan fingerprint density at radius 2 is 1.54 bits per heavy atom. The first kappa shape index (κ1) is 24.1. The summed E-state index contributed by atoms with van der Waals surface area (Å²) < 4.78 is -1.09. The second-order valence-corrected chi connectivity index (χ2v) is 10.2. The number of nitrogens with one attached hydrogen (secondary N) is 3. The Bertz CT molecular complexity index is 868. The zero-order valence-corrected chi connectivity index (χ0v) is 20.4. The van der Waals surface area contributed by atoms with Crippen molar-refractivity contribution >= 4 is 114 Å². The van der Waals surface area contributed by atoms with Gasteiger partial charge in [-0.2, -0.15) is 0 Å². The minimum absolute atomic E-state index is 0.0125. The summed E-state index contributed by atoms with van der Waals surface area (Å²) in [4.78, 5) is 12.4. The summed E-state index contributed by atoms with van der Waals surface area (Å²) in [6.07, 6.45) is -1.15. The molecule has 0 spiro atoms. The van der Waals surface area contributed by atoms with Crippen LogP contribution in [0.25, 0.3) is 0 Å². The fourth-order valence-corrected chi connectivity index (χ4v) is 3.68. The maximum absolute atomic E-state index is 12.4. The number of anilines is 1. The smallest absolute Gasteiger partial charge is 0.252 e. The van der Waals surface area contributed by atoms with Crippen molar-refractivity contribution in [2.24, 2.45) is 0 Å². The van der Waals surface area contributed by atoms with Crippen molar-refractivity contribution in [3.8, 4) is 0 Å². The van der Waals surface area contributed by atoms with Crippen molar-refractivity contribution in [3.63, 3.8) is 0 Å². The molecule has 0 aliphatic rings. The van der Waals surface area contributed by atoms with Crippen LogP contribution in [-0.2, 0) is 0 Å². The number of carbonyl (C=O) groups is 1. The number of hydrogen-bond donors (Lipinski definition) is 3. The first-order valence-corrected chi connectivity index (χ1v) is 10.8. The first-order valence-electron chi connectivity index (χ1n) is 7.32. The van der Waals surface area contributed by atoms with Crippen LogP contribution in [0.5, 0.6) is 0 Å². The molecule has 0 aromatic heterocycles. The van der Waals surface area contributed by atoms with Crippen LogP contribution in [0, 0.1) is 0 Å². The molecule has 0 aliphatic heterocycles. The summed E-state index contributed by atoms with van der Waals surface area (Å²) in [6.45, 7) is 0. The van der Waals surface area contributed by atoms with Gasteiger partial charge >= 0.3 is 0 Å². The van der Waals surface area contributed by atoms with Gasteiger partial charge in [-0.25, -0.2) is 0 Å². The zero-order chi connectivity index (χ0) is 21.1. The number of rotatable bonds is 4. The molecule has 0 bridgehead atoms. The fourth-order valence-electron chi connectivity index (χ4n) is 1.96. The summed E-state index contributed by atoms with van der Waals surface area (Å²) in [7, 11) is 0. The number of halogens is 7. The van der Waals surface area contributed by atoms with Crippen LogP contribution in [0.3, 0.4) is 0 Å². The average molecular weight is 585 g/mol. The van der Waals surface area contributed by atoms with Gasteiger partial charge in [-0.05, 0) is 48.6 Å². The molecule has 1 amide bonds. The molecule has 2 rings (SSSR count). The van der Waals surface area contributed by atoms with Crippen LogP contribution in [0.15, 0.2) is 40.9 Å². The van der Waals surface area contributed by atoms with E-state index in [0.717, 1.165) is 4.47 Å². The molecule has 0 radical (unpaired) electrons. The van der Waals surface area contributed by atoms with Gasteiger partial charge in [0.2, 0.25) is 3.79 Å². The predicted molar refractivity (Wildman–Crippen MR) is 127 cm³/mol. The van der Waals surface area contributed by atoms with Crippen LogP contribution >= 0.6 is 97.8 Å². The number of hydrogen-bond acceptors (Lipinski definition) is 2. The third-order valence-corrected chi connectivity index (χ3v) is 5.45. The first-order chi connectivity index (χ1) is 13.0. The largest absolute Gasteiger partial charge is 0.339 e. The highest BCUT2D eigenvalue weighted by molar-refractivity contribution is 9.10. The Morgan fingerprint density at radius 1 is 1.00 bits per heavy atom. The predicted octanol–water partition coefficient (Wildman–Crippen LogP) is 6.82. The maximum atomic E-state index is 12.4. The molecule has 28 heavy (non-hydrogen) atoms. The normalized spacial score (nSPS) is 12.2. The number of benzene rings is 2. The number of thiocarbonyl (C=S) groups is 1. The molecule has 0 aliphatic carbocycles. The Balaban J connectivity index is 2.13. The van der Waals surface area contributed by atoms with E-state index < -0.39 is 15.9 Å². The van der Waals surface area contributed by atoms with Crippen molar-refractivity contribution in [2.75, 3.05) is 5.32 Å². The van der Waals surface area contributed by atoms with Crippen LogP contribution in [-0.4, -0.2) is 21.0 Å². The van der Waals surface area contributed by atoms with E-state index in [1.165, 1.54) is 12.1 Å². The van der Waals surface area contributed by atoms with Gasteiger partial charge in [0, 0.05) is 15.1 Å². The molecule has 0 heterocycles. The minimum Gasteiger partial charge on any atom is -0.339 e. The molecule has 12 heteroatoms. The quantitative estimate of drug-likeness (QED) is 0.210. The van der Waals surface area contributed by atoms with Crippen LogP contribution in [0.1, 0.15) is 10.4 Å². The van der Waals surface area contributed by atoms with E-state index in [-0.39, 0.29) is 15.2 Å². The van der Waals surface area contributed by atoms with Crippen molar-refractivity contribution in [2.45, 2.75) is 9.96 Å². The van der Waals surface area contributed by atoms with Crippen molar-refractivity contribution in [1.29, 1.82) is 0 Å². The summed E-state index contributed by atoms with van der Waals surface area (Å²) in [5, 5.41) is 8.94. The molecule has 1 unspecified atom stereocenters. The number of alkyl halides is 3. The third-order valence-electron chi connectivity index (χ3n) is 3.23. The lowest BCUT2D eigenvalue weighted by Gasteiger charge is -2.28. The number of carbonyl (C=O) groups excluding carboxylic acids is 1. The highest BCUT2D eigenvalue weighted by Crippen LogP contribution is 2.34. The van der Waals surface area contributed by atoms with Crippen molar-refractivity contribution in [3.05, 3.63) is 61.5 Å². The third kappa shape index (κ3) is 6.96. The van der Waals surface area contributed by atoms with Crippen molar-refractivity contribution < 1.29 is 4.79 Å². The SMILES string of the molecule is O=C(NC(NC(=S)Nc1c(Cl)cc(Cl)cc1Cl)C(Cl)(Cl)Cl)c1ccc(Br)cc1. The van der Waals surface area contributed by atoms with E-state index in [0.29, 0.717) is 16.3 Å². The van der Waals surface area contributed by atoms with Gasteiger partial charge in [0.25, 0.3) is 5.91 Å². The van der Waals surface area contributed by atoms with Gasteiger partial charge in [0.15, 0.2) is 5.11 Å². The average Bonchev–Trinajstić information content (AvgIpc) is 2.57. The Labute approximate surface area is 205 Å². The zero-order valence-electron chi connectivity index (χ0n) is 13.5. The molecule has 4 nitrogen and oxygen atoms in total. The van der Waals surface area contributed by atoms with E-state index in [1.807, 2.05) is 0 Å². The molecule has 0 saturated heterocycles. The monoisotopic (exact) mass is 581 g/mol. The minimum atomic E-state index is -1.91. The lowest BCUT2D eigenvalue weighted by atomic mass is 10.2. The summed E-state index contributed by atoms with van der Waals surface area (Å²) in [6, 6.07) is 9.62. The molecule has 0 saturated carbocycles. The molecule has 0 fully saturated rings. The van der Waals surface area contributed by atoms with Gasteiger partial charge < -0.3 is 16.0 Å². The topological polar surface area (TPSA) is 53.2 Å². The molecular weight excluding hydrogens is 575 g/mol. The van der Waals surface area contributed by atoms with Gasteiger partial charge in [0.1, 0.15) is 6.17 Å². The lowest BCUT2D eigenvalue weighted by molar-refractivity contribution is 0.0934.